The number of piperidine rings is 1. The highest BCUT2D eigenvalue weighted by molar-refractivity contribution is 5.96. The minimum Gasteiger partial charge on any atom is -0.452 e. The zero-order valence-corrected chi connectivity index (χ0v) is 13.9. The van der Waals surface area contributed by atoms with Crippen molar-refractivity contribution in [2.45, 2.75) is 12.8 Å². The highest BCUT2D eigenvalue weighted by atomic mass is 16.5. The van der Waals surface area contributed by atoms with Gasteiger partial charge in [0.1, 0.15) is 0 Å². The number of hydrogen-bond donors (Lipinski definition) is 3. The Balaban J connectivity index is 1.91. The molecule has 0 unspecified atom stereocenters. The average Bonchev–Trinajstić information content (AvgIpc) is 2.64. The van der Waals surface area contributed by atoms with Crippen LogP contribution in [0.25, 0.3) is 0 Å². The Kier molecular flexibility index (Phi) is 6.76. The van der Waals surface area contributed by atoms with E-state index in [1.807, 2.05) is 0 Å². The molecule has 1 aliphatic rings. The first-order valence-corrected chi connectivity index (χ1v) is 8.21. The second kappa shape index (κ2) is 9.03. The average molecular weight is 349 g/mol. The standard InChI is InChI=1S/C17H23N3O5/c18-16(23)12-4-3-8-20(10-12)15(22)11-25-17(24)13-5-1-2-6-14(13)19-7-9-21/h1-2,5-6,12,19,21H,3-4,7-11H2,(H2,18,23)/t12-/m0/s1. The maximum atomic E-state index is 12.2. The minimum absolute atomic E-state index is 0.0716. The van der Waals surface area contributed by atoms with Gasteiger partial charge in [0.2, 0.25) is 5.91 Å². The second-order valence-electron chi connectivity index (χ2n) is 5.85. The number of rotatable bonds is 7. The van der Waals surface area contributed by atoms with Crippen molar-refractivity contribution in [2.24, 2.45) is 11.7 Å². The van der Waals surface area contributed by atoms with Crippen LogP contribution in [-0.2, 0) is 14.3 Å². The van der Waals surface area contributed by atoms with Gasteiger partial charge in [-0.25, -0.2) is 4.79 Å². The summed E-state index contributed by atoms with van der Waals surface area (Å²) in [5.74, 6) is -1.74. The smallest absolute Gasteiger partial charge is 0.340 e. The van der Waals surface area contributed by atoms with Crippen LogP contribution < -0.4 is 11.1 Å². The fraction of sp³-hybridized carbons (Fsp3) is 0.471. The molecule has 8 nitrogen and oxygen atoms in total. The van der Waals surface area contributed by atoms with Gasteiger partial charge in [-0.3, -0.25) is 9.59 Å². The Bertz CT molecular complexity index is 634. The van der Waals surface area contributed by atoms with Crippen LogP contribution in [0.2, 0.25) is 0 Å². The van der Waals surface area contributed by atoms with Crippen molar-refractivity contribution in [3.63, 3.8) is 0 Å². The molecule has 1 aromatic rings. The summed E-state index contributed by atoms with van der Waals surface area (Å²) in [6.45, 7) is 0.622. The van der Waals surface area contributed by atoms with Crippen molar-refractivity contribution in [2.75, 3.05) is 38.2 Å². The van der Waals surface area contributed by atoms with Gasteiger partial charge in [0.05, 0.1) is 18.1 Å². The van der Waals surface area contributed by atoms with E-state index in [9.17, 15) is 14.4 Å². The van der Waals surface area contributed by atoms with Crippen LogP contribution in [0.1, 0.15) is 23.2 Å². The highest BCUT2D eigenvalue weighted by Gasteiger charge is 2.27. The third kappa shape index (κ3) is 5.18. The molecular formula is C17H23N3O5. The first-order valence-electron chi connectivity index (χ1n) is 8.21. The number of carbonyl (C=O) groups excluding carboxylic acids is 3. The lowest BCUT2D eigenvalue weighted by atomic mass is 9.97. The minimum atomic E-state index is -0.627. The van der Waals surface area contributed by atoms with Gasteiger partial charge in [-0.05, 0) is 25.0 Å². The van der Waals surface area contributed by atoms with Gasteiger partial charge < -0.3 is 25.8 Å². The van der Waals surface area contributed by atoms with Crippen molar-refractivity contribution >= 4 is 23.5 Å². The molecule has 0 bridgehead atoms. The van der Waals surface area contributed by atoms with E-state index < -0.39 is 18.5 Å². The number of aliphatic hydroxyl groups excluding tert-OH is 1. The van der Waals surface area contributed by atoms with Gasteiger partial charge in [0.15, 0.2) is 6.61 Å². The molecule has 1 saturated heterocycles. The first kappa shape index (κ1) is 18.7. The van der Waals surface area contributed by atoms with E-state index in [4.69, 9.17) is 15.6 Å². The first-order chi connectivity index (χ1) is 12.0. The van der Waals surface area contributed by atoms with E-state index in [0.29, 0.717) is 31.6 Å². The Hall–Kier alpha value is -2.61. The summed E-state index contributed by atoms with van der Waals surface area (Å²) in [5, 5.41) is 11.8. The second-order valence-corrected chi connectivity index (χ2v) is 5.85. The number of amides is 2. The molecular weight excluding hydrogens is 326 g/mol. The summed E-state index contributed by atoms with van der Waals surface area (Å²) in [6.07, 6.45) is 1.37. The van der Waals surface area contributed by atoms with E-state index in [2.05, 4.69) is 5.32 Å². The van der Waals surface area contributed by atoms with E-state index in [1.54, 1.807) is 24.3 Å². The van der Waals surface area contributed by atoms with Gasteiger partial charge >= 0.3 is 5.97 Å². The number of ether oxygens (including phenoxy) is 1. The summed E-state index contributed by atoms with van der Waals surface area (Å²) < 4.78 is 5.11. The lowest BCUT2D eigenvalue weighted by molar-refractivity contribution is -0.137. The number of carbonyl (C=O) groups is 3. The topological polar surface area (TPSA) is 122 Å². The SMILES string of the molecule is NC(=O)[C@H]1CCCN(C(=O)COC(=O)c2ccccc2NCCO)C1. The molecule has 1 heterocycles. The van der Waals surface area contributed by atoms with Crippen molar-refractivity contribution in [1.82, 2.24) is 4.90 Å². The largest absolute Gasteiger partial charge is 0.452 e. The number of likely N-dealkylation sites (tertiary alicyclic amines) is 1. The predicted molar refractivity (Wildman–Crippen MR) is 90.8 cm³/mol. The van der Waals surface area contributed by atoms with Crippen LogP contribution in [0.3, 0.4) is 0 Å². The molecule has 4 N–H and O–H groups in total. The van der Waals surface area contributed by atoms with Crippen LogP contribution in [0.5, 0.6) is 0 Å². The summed E-state index contributed by atoms with van der Waals surface area (Å²) >= 11 is 0. The summed E-state index contributed by atoms with van der Waals surface area (Å²) in [5.41, 5.74) is 6.12. The zero-order chi connectivity index (χ0) is 18.2. The summed E-state index contributed by atoms with van der Waals surface area (Å²) in [7, 11) is 0. The number of benzene rings is 1. The Morgan fingerprint density at radius 3 is 2.80 bits per heavy atom. The predicted octanol–water partition coefficient (Wildman–Crippen LogP) is -0.0285. The fourth-order valence-corrected chi connectivity index (χ4v) is 2.74. The lowest BCUT2D eigenvalue weighted by Gasteiger charge is -2.31. The number of esters is 1. The van der Waals surface area contributed by atoms with E-state index in [1.165, 1.54) is 4.90 Å². The zero-order valence-electron chi connectivity index (χ0n) is 13.9. The number of para-hydroxylation sites is 1. The molecule has 136 valence electrons. The van der Waals surface area contributed by atoms with Gasteiger partial charge in [-0.15, -0.1) is 0 Å². The number of hydrogen-bond acceptors (Lipinski definition) is 6. The van der Waals surface area contributed by atoms with Crippen LogP contribution in [-0.4, -0.2) is 60.6 Å². The fourth-order valence-electron chi connectivity index (χ4n) is 2.74. The maximum Gasteiger partial charge on any atom is 0.340 e. The molecule has 0 saturated carbocycles. The Morgan fingerprint density at radius 2 is 2.08 bits per heavy atom. The molecule has 0 radical (unpaired) electrons. The van der Waals surface area contributed by atoms with E-state index in [-0.39, 0.29) is 30.5 Å². The van der Waals surface area contributed by atoms with Gasteiger partial charge in [0.25, 0.3) is 5.91 Å². The molecule has 1 aromatic carbocycles. The molecule has 2 rings (SSSR count). The molecule has 0 aromatic heterocycles. The van der Waals surface area contributed by atoms with Crippen LogP contribution in [0, 0.1) is 5.92 Å². The normalized spacial score (nSPS) is 17.0. The van der Waals surface area contributed by atoms with Crippen molar-refractivity contribution in [3.05, 3.63) is 29.8 Å². The van der Waals surface area contributed by atoms with E-state index in [0.717, 1.165) is 0 Å². The van der Waals surface area contributed by atoms with Crippen molar-refractivity contribution in [1.29, 1.82) is 0 Å². The quantitative estimate of drug-likeness (QED) is 0.594. The number of nitrogens with two attached hydrogens (primary N) is 1. The lowest BCUT2D eigenvalue weighted by Crippen LogP contribution is -2.45. The summed E-state index contributed by atoms with van der Waals surface area (Å²) in [6, 6.07) is 6.71. The number of primary amides is 1. The van der Waals surface area contributed by atoms with Gasteiger partial charge in [0, 0.05) is 25.3 Å². The van der Waals surface area contributed by atoms with Crippen molar-refractivity contribution < 1.29 is 24.2 Å². The van der Waals surface area contributed by atoms with Gasteiger partial charge in [-0.2, -0.15) is 0 Å². The monoisotopic (exact) mass is 349 g/mol. The molecule has 8 heteroatoms. The molecule has 1 fully saturated rings. The molecule has 1 atom stereocenters. The maximum absolute atomic E-state index is 12.2. The van der Waals surface area contributed by atoms with Crippen LogP contribution in [0.15, 0.2) is 24.3 Å². The number of nitrogens with zero attached hydrogens (tertiary/aromatic N) is 1. The molecule has 2 amide bonds. The third-order valence-corrected chi connectivity index (χ3v) is 4.08. The highest BCUT2D eigenvalue weighted by Crippen LogP contribution is 2.18. The van der Waals surface area contributed by atoms with Crippen molar-refractivity contribution in [3.8, 4) is 0 Å². The van der Waals surface area contributed by atoms with Crippen LogP contribution in [0.4, 0.5) is 5.69 Å². The molecule has 25 heavy (non-hydrogen) atoms. The van der Waals surface area contributed by atoms with E-state index >= 15 is 0 Å². The Labute approximate surface area is 145 Å². The van der Waals surface area contributed by atoms with Gasteiger partial charge in [-0.1, -0.05) is 12.1 Å². The third-order valence-electron chi connectivity index (χ3n) is 4.08. The number of aliphatic hydroxyl groups is 1. The van der Waals surface area contributed by atoms with Crippen LogP contribution >= 0.6 is 0 Å². The molecule has 1 aliphatic heterocycles. The number of anilines is 1. The molecule has 0 aliphatic carbocycles. The summed E-state index contributed by atoms with van der Waals surface area (Å²) in [4.78, 5) is 37.2. The Morgan fingerprint density at radius 1 is 1.32 bits per heavy atom. The molecule has 0 spiro atoms. The number of nitrogens with one attached hydrogen (secondary N) is 1.